The third-order valence-corrected chi connectivity index (χ3v) is 4.69. The van der Waals surface area contributed by atoms with E-state index in [9.17, 15) is 12.8 Å². The van der Waals surface area contributed by atoms with Crippen molar-refractivity contribution in [2.24, 2.45) is 0 Å². The number of imidazole rings is 1. The molecule has 2 aromatic carbocycles. The van der Waals surface area contributed by atoms with Gasteiger partial charge in [0, 0.05) is 18.3 Å². The van der Waals surface area contributed by atoms with Crippen molar-refractivity contribution in [2.75, 3.05) is 13.7 Å². The summed E-state index contributed by atoms with van der Waals surface area (Å²) < 4.78 is 48.5. The van der Waals surface area contributed by atoms with E-state index >= 15 is 0 Å². The summed E-state index contributed by atoms with van der Waals surface area (Å²) in [7, 11) is -0.932. The molecule has 0 aliphatic carbocycles. The fraction of sp³-hybridized carbons (Fsp3) is 0.250. The molecule has 1 aliphatic rings. The van der Waals surface area contributed by atoms with Gasteiger partial charge >= 0.3 is 0 Å². The van der Waals surface area contributed by atoms with Gasteiger partial charge in [0.2, 0.25) is 10.9 Å². The Morgan fingerprint density at radius 3 is 2.66 bits per heavy atom. The number of nitrogens with one attached hydrogen (secondary N) is 1. The minimum atomic E-state index is -2.52. The van der Waals surface area contributed by atoms with Gasteiger partial charge in [-0.05, 0) is 36.8 Å². The van der Waals surface area contributed by atoms with E-state index in [4.69, 9.17) is 9.47 Å². The van der Waals surface area contributed by atoms with Gasteiger partial charge in [0.15, 0.2) is 0 Å². The van der Waals surface area contributed by atoms with E-state index in [2.05, 4.69) is 9.71 Å². The first-order valence-corrected chi connectivity index (χ1v) is 10.1. The molecule has 9 heteroatoms. The number of halogens is 1. The molecule has 2 heterocycles. The van der Waals surface area contributed by atoms with E-state index in [0.717, 1.165) is 23.4 Å². The Bertz CT molecular complexity index is 1020. The highest BCUT2D eigenvalue weighted by Gasteiger charge is 2.17. The van der Waals surface area contributed by atoms with E-state index < -0.39 is 10.9 Å². The van der Waals surface area contributed by atoms with Gasteiger partial charge in [0.05, 0.1) is 19.3 Å². The van der Waals surface area contributed by atoms with Crippen LogP contribution in [0.2, 0.25) is 0 Å². The maximum atomic E-state index is 13.6. The third kappa shape index (κ3) is 5.55. The zero-order chi connectivity index (χ0) is 20.8. The summed E-state index contributed by atoms with van der Waals surface area (Å²) in [6.07, 6.45) is 1.83. The van der Waals surface area contributed by atoms with Crippen molar-refractivity contribution in [2.45, 2.75) is 20.0 Å². The number of rotatable bonds is 5. The Morgan fingerprint density at radius 2 is 2.00 bits per heavy atom. The number of aryl methyl sites for hydroxylation is 1. The lowest BCUT2D eigenvalue weighted by atomic mass is 10.1. The van der Waals surface area contributed by atoms with Crippen molar-refractivity contribution < 1.29 is 22.3 Å². The molecule has 0 amide bonds. The van der Waals surface area contributed by atoms with Crippen LogP contribution in [0, 0.1) is 12.7 Å². The number of benzene rings is 2. The van der Waals surface area contributed by atoms with Crippen molar-refractivity contribution in [3.8, 4) is 23.0 Å². The van der Waals surface area contributed by atoms with Crippen molar-refractivity contribution in [1.82, 2.24) is 14.3 Å². The Hall–Kier alpha value is -2.91. The van der Waals surface area contributed by atoms with Gasteiger partial charge < -0.3 is 9.47 Å². The van der Waals surface area contributed by atoms with Crippen molar-refractivity contribution in [1.29, 1.82) is 0 Å². The van der Waals surface area contributed by atoms with Crippen LogP contribution in [0.4, 0.5) is 4.39 Å². The maximum Gasteiger partial charge on any atom is 0.297 e. The molecule has 0 bridgehead atoms. The SMILES string of the molecule is COc1ccc(CN[SH](=O)=O)cc1.Cc1ccc(F)c(-c2cn3c(n2)OCC3)c1. The van der Waals surface area contributed by atoms with Crippen LogP contribution in [0.25, 0.3) is 11.3 Å². The fourth-order valence-electron chi connectivity index (χ4n) is 2.77. The first kappa shape index (κ1) is 20.8. The highest BCUT2D eigenvalue weighted by molar-refractivity contribution is 7.70. The predicted molar refractivity (Wildman–Crippen MR) is 108 cm³/mol. The Labute approximate surface area is 170 Å². The third-order valence-electron chi connectivity index (χ3n) is 4.27. The summed E-state index contributed by atoms with van der Waals surface area (Å²) in [5.41, 5.74) is 3.09. The minimum Gasteiger partial charge on any atom is -0.497 e. The van der Waals surface area contributed by atoms with Crippen LogP contribution in [0.15, 0.2) is 48.7 Å². The quantitative estimate of drug-likeness (QED) is 0.622. The molecule has 0 spiro atoms. The highest BCUT2D eigenvalue weighted by Crippen LogP contribution is 2.27. The van der Waals surface area contributed by atoms with Crippen molar-refractivity contribution in [3.63, 3.8) is 0 Å². The normalized spacial score (nSPS) is 12.1. The predicted octanol–water partition coefficient (Wildman–Crippen LogP) is 2.70. The average molecular weight is 419 g/mol. The second-order valence-corrected chi connectivity index (χ2v) is 7.20. The fourth-order valence-corrected chi connectivity index (χ4v) is 3.09. The van der Waals surface area contributed by atoms with Crippen molar-refractivity contribution in [3.05, 3.63) is 65.6 Å². The molecule has 0 atom stereocenters. The molecule has 3 aromatic rings. The summed E-state index contributed by atoms with van der Waals surface area (Å²) in [5.74, 6) is 0.512. The monoisotopic (exact) mass is 419 g/mol. The van der Waals surface area contributed by atoms with Crippen LogP contribution in [-0.2, 0) is 24.0 Å². The smallest absolute Gasteiger partial charge is 0.297 e. The van der Waals surface area contributed by atoms with E-state index in [1.165, 1.54) is 6.07 Å². The number of hydrogen-bond donors (Lipinski definition) is 2. The molecule has 1 N–H and O–H groups in total. The van der Waals surface area contributed by atoms with Crippen LogP contribution >= 0.6 is 0 Å². The zero-order valence-electron chi connectivity index (χ0n) is 16.1. The molecule has 0 saturated carbocycles. The van der Waals surface area contributed by atoms with E-state index in [1.807, 2.05) is 29.8 Å². The Kier molecular flexibility index (Phi) is 6.84. The highest BCUT2D eigenvalue weighted by atomic mass is 32.2. The summed E-state index contributed by atoms with van der Waals surface area (Å²) in [6, 6.07) is 12.8. The second-order valence-electron chi connectivity index (χ2n) is 6.37. The van der Waals surface area contributed by atoms with Crippen LogP contribution in [-0.4, -0.2) is 31.7 Å². The molecule has 29 heavy (non-hydrogen) atoms. The molecule has 0 fully saturated rings. The van der Waals surface area contributed by atoms with Gasteiger partial charge in [0.1, 0.15) is 18.2 Å². The van der Waals surface area contributed by atoms with Crippen LogP contribution in [0.1, 0.15) is 11.1 Å². The lowest BCUT2D eigenvalue weighted by molar-refractivity contribution is 0.345. The largest absolute Gasteiger partial charge is 0.497 e. The number of fused-ring (bicyclic) bond motifs is 1. The molecular formula is C20H22FN3O4S. The van der Waals surface area contributed by atoms with Crippen LogP contribution < -0.4 is 14.2 Å². The molecule has 154 valence electrons. The second kappa shape index (κ2) is 9.53. The standard InChI is InChI=1S/C12H11FN2O.C8H11NO3S/c1-8-2-3-10(13)9(6-8)11-7-15-4-5-16-12(15)14-11;1-12-8-4-2-7(3-5-8)6-9-13(10)11/h2-3,6-7H,4-5H2,1H3;2-5,13H,6H2,1H3,(H,9,10,11). The number of hydrogen-bond acceptors (Lipinski definition) is 5. The Balaban J connectivity index is 0.000000170. The number of thiol groups is 1. The minimum absolute atomic E-state index is 0.248. The van der Waals surface area contributed by atoms with E-state index in [1.54, 1.807) is 31.4 Å². The molecule has 0 radical (unpaired) electrons. The number of ether oxygens (including phenoxy) is 2. The molecule has 1 aromatic heterocycles. The van der Waals surface area contributed by atoms with Gasteiger partial charge in [-0.25, -0.2) is 17.5 Å². The van der Waals surface area contributed by atoms with Gasteiger partial charge in [-0.15, -0.1) is 0 Å². The maximum absolute atomic E-state index is 13.6. The van der Waals surface area contributed by atoms with Gasteiger partial charge in [-0.3, -0.25) is 4.57 Å². The first-order chi connectivity index (χ1) is 14.0. The lowest BCUT2D eigenvalue weighted by Crippen LogP contribution is -2.09. The topological polar surface area (TPSA) is 82.5 Å². The van der Waals surface area contributed by atoms with Crippen molar-refractivity contribution >= 4 is 10.9 Å². The summed E-state index contributed by atoms with van der Waals surface area (Å²) in [5, 5.41) is 0. The molecule has 4 rings (SSSR count). The number of aromatic nitrogens is 2. The molecule has 0 unspecified atom stereocenters. The zero-order valence-corrected chi connectivity index (χ0v) is 17.0. The number of methoxy groups -OCH3 is 1. The van der Waals surface area contributed by atoms with Gasteiger partial charge in [0.25, 0.3) is 6.01 Å². The first-order valence-electron chi connectivity index (χ1n) is 8.93. The van der Waals surface area contributed by atoms with E-state index in [-0.39, 0.29) is 5.82 Å². The van der Waals surface area contributed by atoms with Crippen LogP contribution in [0.5, 0.6) is 11.8 Å². The van der Waals surface area contributed by atoms with Gasteiger partial charge in [-0.2, -0.15) is 4.98 Å². The van der Waals surface area contributed by atoms with E-state index in [0.29, 0.717) is 30.4 Å². The van der Waals surface area contributed by atoms with Crippen LogP contribution in [0.3, 0.4) is 0 Å². The lowest BCUT2D eigenvalue weighted by Gasteiger charge is -2.01. The summed E-state index contributed by atoms with van der Waals surface area (Å²) >= 11 is 0. The summed E-state index contributed by atoms with van der Waals surface area (Å²) in [6.45, 7) is 3.70. The molecule has 1 aliphatic heterocycles. The summed E-state index contributed by atoms with van der Waals surface area (Å²) in [4.78, 5) is 4.26. The number of nitrogens with zero attached hydrogens (tertiary/aromatic N) is 2. The Morgan fingerprint density at radius 1 is 1.24 bits per heavy atom. The molecular weight excluding hydrogens is 397 g/mol. The average Bonchev–Trinajstić information content (AvgIpc) is 3.31. The molecule has 0 saturated heterocycles. The molecule has 7 nitrogen and oxygen atoms in total. The van der Waals surface area contributed by atoms with Gasteiger partial charge in [-0.1, -0.05) is 23.8 Å².